The maximum atomic E-state index is 2.90. The van der Waals surface area contributed by atoms with Crippen molar-refractivity contribution >= 4 is 43.9 Å². The van der Waals surface area contributed by atoms with Gasteiger partial charge in [0.15, 0.2) is 0 Å². The minimum absolute atomic E-state index is 0.309. The second kappa shape index (κ2) is 15.8. The summed E-state index contributed by atoms with van der Waals surface area (Å²) in [6.07, 6.45) is 22.4. The fourth-order valence-corrected chi connectivity index (χ4v) is 28.7. The monoisotopic (exact) mass is 650 g/mol. The zero-order valence-corrected chi connectivity index (χ0v) is 29.9. The fraction of sp³-hybridized carbons (Fsp3) is 0.765. The van der Waals surface area contributed by atoms with Gasteiger partial charge in [-0.1, -0.05) is 0 Å². The molecule has 0 bridgehead atoms. The van der Waals surface area contributed by atoms with Gasteiger partial charge in [-0.25, -0.2) is 0 Å². The van der Waals surface area contributed by atoms with Crippen molar-refractivity contribution in [3.8, 4) is 9.75 Å². The first-order valence-corrected chi connectivity index (χ1v) is 25.4. The number of fused-ring (bicyclic) bond motifs is 3. The maximum absolute atomic E-state index is 2.90. The normalized spacial score (nSPS) is 14.3. The Bertz CT molecular complexity index is 887. The van der Waals surface area contributed by atoms with Gasteiger partial charge in [-0.15, -0.1) is 0 Å². The first kappa shape index (κ1) is 31.7. The summed E-state index contributed by atoms with van der Waals surface area (Å²) in [5.41, 5.74) is 3.86. The van der Waals surface area contributed by atoms with E-state index in [4.69, 9.17) is 0 Å². The topological polar surface area (TPSA) is 0 Å². The van der Waals surface area contributed by atoms with Crippen molar-refractivity contribution in [2.24, 2.45) is 0 Å². The zero-order chi connectivity index (χ0) is 26.7. The van der Waals surface area contributed by atoms with Crippen LogP contribution in [0.5, 0.6) is 0 Å². The molecule has 2 aromatic rings. The van der Waals surface area contributed by atoms with Gasteiger partial charge in [0, 0.05) is 0 Å². The number of hydrogen-bond acceptors (Lipinski definition) is 2. The minimum atomic E-state index is -2.43. The summed E-state index contributed by atoms with van der Waals surface area (Å²) in [5, 5.41) is 0. The molecule has 0 atom stereocenters. The third-order valence-electron chi connectivity index (χ3n) is 9.29. The van der Waals surface area contributed by atoms with E-state index in [1.54, 1.807) is 28.6 Å². The van der Waals surface area contributed by atoms with Gasteiger partial charge in [0.05, 0.1) is 0 Å². The van der Waals surface area contributed by atoms with Crippen LogP contribution in [0, 0.1) is 6.92 Å². The van der Waals surface area contributed by atoms with Crippen molar-refractivity contribution in [1.82, 2.24) is 0 Å². The van der Waals surface area contributed by atoms with E-state index in [2.05, 4.69) is 76.3 Å². The zero-order valence-electron chi connectivity index (χ0n) is 25.4. The fourth-order valence-electron chi connectivity index (χ4n) is 7.02. The molecule has 0 N–H and O–H groups in total. The predicted octanol–water partition coefficient (Wildman–Crippen LogP) is 12.4. The molecule has 0 fully saturated rings. The van der Waals surface area contributed by atoms with Crippen LogP contribution in [0.4, 0.5) is 0 Å². The van der Waals surface area contributed by atoms with Crippen LogP contribution in [-0.2, 0) is 5.41 Å². The Morgan fingerprint density at radius 2 is 1.03 bits per heavy atom. The number of unbranched alkanes of at least 4 members (excludes halogenated alkanes) is 9. The van der Waals surface area contributed by atoms with Crippen molar-refractivity contribution in [1.29, 1.82) is 0 Å². The van der Waals surface area contributed by atoms with E-state index in [0.717, 1.165) is 0 Å². The van der Waals surface area contributed by atoms with E-state index in [1.807, 2.05) is 8.46 Å². The van der Waals surface area contributed by atoms with E-state index in [0.29, 0.717) is 5.41 Å². The summed E-state index contributed by atoms with van der Waals surface area (Å²) in [6, 6.07) is 5.52. The van der Waals surface area contributed by atoms with E-state index >= 15 is 0 Å². The molecule has 0 nitrogen and oxygen atoms in total. The van der Waals surface area contributed by atoms with Gasteiger partial charge in [0.1, 0.15) is 0 Å². The van der Waals surface area contributed by atoms with Crippen LogP contribution in [0.15, 0.2) is 12.1 Å². The van der Waals surface area contributed by atoms with E-state index in [1.165, 1.54) is 108 Å². The third-order valence-corrected chi connectivity index (χ3v) is 29.8. The van der Waals surface area contributed by atoms with Gasteiger partial charge in [0.2, 0.25) is 0 Å². The second-order valence-electron chi connectivity index (χ2n) is 12.2. The molecule has 37 heavy (non-hydrogen) atoms. The molecule has 0 saturated carbocycles. The molecule has 2 aromatic heterocycles. The Hall–Kier alpha value is 0.199. The van der Waals surface area contributed by atoms with Gasteiger partial charge >= 0.3 is 245 Å². The molecular weight excluding hydrogens is 591 g/mol. The summed E-state index contributed by atoms with van der Waals surface area (Å²) >= 11 is 2.02. The molecule has 0 spiro atoms. The average Bonchev–Trinajstić information content (AvgIpc) is 3.57. The molecule has 3 rings (SSSR count). The van der Waals surface area contributed by atoms with Crippen molar-refractivity contribution in [2.75, 3.05) is 0 Å². The Balaban J connectivity index is 2.09. The van der Waals surface area contributed by atoms with Crippen molar-refractivity contribution in [3.05, 3.63) is 28.1 Å². The molecule has 0 aliphatic heterocycles. The third kappa shape index (κ3) is 7.49. The molecule has 0 saturated heterocycles. The van der Waals surface area contributed by atoms with Crippen LogP contribution in [0.1, 0.15) is 153 Å². The first-order valence-electron chi connectivity index (χ1n) is 16.3. The average molecular weight is 650 g/mol. The second-order valence-corrected chi connectivity index (χ2v) is 28.7. The molecule has 2 heterocycles. The number of aryl methyl sites for hydroxylation is 1. The van der Waals surface area contributed by atoms with Crippen LogP contribution in [-0.4, -0.2) is 18.4 Å². The molecule has 0 radical (unpaired) electrons. The van der Waals surface area contributed by atoms with Crippen molar-refractivity contribution in [2.45, 2.75) is 163 Å². The van der Waals surface area contributed by atoms with E-state index in [-0.39, 0.29) is 0 Å². The number of rotatable bonds is 20. The van der Waals surface area contributed by atoms with Gasteiger partial charge in [0.25, 0.3) is 0 Å². The Kier molecular flexibility index (Phi) is 13.6. The number of hydrogen-bond donors (Lipinski definition) is 0. The molecule has 1 aliphatic rings. The molecule has 210 valence electrons. The standard InChI is InChI=1S/C22H31S2.3C4H9.Sn/c1-4-6-8-10-13-22(14-11-9-7-5-2)18-12-15-23-20(18)21-19(22)16-17(3)24-21;3*1-3-4-2;/h12,16H,4-11,13-14H2,1-3H3;3*1,3-4H2,2H3;. The quantitative estimate of drug-likeness (QED) is 0.0989. The van der Waals surface area contributed by atoms with E-state index < -0.39 is 18.4 Å². The van der Waals surface area contributed by atoms with Gasteiger partial charge < -0.3 is 0 Å². The van der Waals surface area contributed by atoms with Crippen molar-refractivity contribution in [3.63, 3.8) is 0 Å². The SMILES string of the molecule is CCCCCCC1(CCCCCC)c2cc(C)sc2-c2s[c]([Sn]([CH2]CCC)([CH2]CCC)[CH2]CCC)cc21. The Morgan fingerprint density at radius 1 is 0.568 bits per heavy atom. The Labute approximate surface area is 243 Å². The predicted molar refractivity (Wildman–Crippen MR) is 175 cm³/mol. The molecular formula is C34H58S2Sn. The van der Waals surface area contributed by atoms with Gasteiger partial charge in [-0.3, -0.25) is 0 Å². The van der Waals surface area contributed by atoms with Crippen LogP contribution in [0.2, 0.25) is 13.3 Å². The summed E-state index contributed by atoms with van der Waals surface area (Å²) in [5.74, 6) is 0. The summed E-state index contributed by atoms with van der Waals surface area (Å²) < 4.78 is 6.76. The van der Waals surface area contributed by atoms with Gasteiger partial charge in [-0.05, 0) is 0 Å². The first-order chi connectivity index (χ1) is 18.0. The summed E-state index contributed by atoms with van der Waals surface area (Å²) in [7, 11) is 0. The molecule has 0 unspecified atom stereocenters. The Morgan fingerprint density at radius 3 is 1.51 bits per heavy atom. The summed E-state index contributed by atoms with van der Waals surface area (Å²) in [4.78, 5) is 4.96. The number of thiophene rings is 2. The van der Waals surface area contributed by atoms with Crippen LogP contribution in [0.25, 0.3) is 9.75 Å². The van der Waals surface area contributed by atoms with Crippen LogP contribution in [0.3, 0.4) is 0 Å². The summed E-state index contributed by atoms with van der Waals surface area (Å²) in [6.45, 7) is 14.3. The molecule has 0 aromatic carbocycles. The molecule has 1 aliphatic carbocycles. The van der Waals surface area contributed by atoms with Crippen molar-refractivity contribution < 1.29 is 0 Å². The van der Waals surface area contributed by atoms with E-state index in [9.17, 15) is 0 Å². The molecule has 3 heteroatoms. The molecule has 0 amide bonds. The van der Waals surface area contributed by atoms with Crippen LogP contribution >= 0.6 is 22.7 Å². The van der Waals surface area contributed by atoms with Gasteiger partial charge in [-0.2, -0.15) is 0 Å². The van der Waals surface area contributed by atoms with Crippen LogP contribution < -0.4 is 2.89 Å².